The minimum absolute atomic E-state index is 0.130. The Morgan fingerprint density at radius 3 is 2.55 bits per heavy atom. The number of piperidine rings is 1. The molecule has 1 saturated heterocycles. The molecule has 8 nitrogen and oxygen atoms in total. The summed E-state index contributed by atoms with van der Waals surface area (Å²) in [5.41, 5.74) is 3.91. The van der Waals surface area contributed by atoms with Gasteiger partial charge < -0.3 is 20.1 Å². The fourth-order valence-corrected chi connectivity index (χ4v) is 4.34. The van der Waals surface area contributed by atoms with Gasteiger partial charge in [-0.25, -0.2) is 4.79 Å². The van der Waals surface area contributed by atoms with Crippen LogP contribution in [0.5, 0.6) is 0 Å². The van der Waals surface area contributed by atoms with Gasteiger partial charge in [0.25, 0.3) is 0 Å². The van der Waals surface area contributed by atoms with Crippen LogP contribution in [0.15, 0.2) is 30.7 Å². The zero-order chi connectivity index (χ0) is 23.8. The van der Waals surface area contributed by atoms with Crippen molar-refractivity contribution < 1.29 is 14.4 Å². The van der Waals surface area contributed by atoms with Gasteiger partial charge in [0.1, 0.15) is 0 Å². The molecule has 2 aromatic heterocycles. The lowest BCUT2D eigenvalue weighted by atomic mass is 10.0. The fourth-order valence-electron chi connectivity index (χ4n) is 4.34. The summed E-state index contributed by atoms with van der Waals surface area (Å²) in [6.45, 7) is 8.19. The van der Waals surface area contributed by atoms with Crippen LogP contribution in [-0.4, -0.2) is 51.8 Å². The SMILES string of the molecule is CC(=O)N1CCC(n2cc(C(=O)CCCCNC(=O)NCc3cccnc3)c(C)c2C)CC1. The first-order valence-corrected chi connectivity index (χ1v) is 11.7. The Kier molecular flexibility index (Phi) is 8.63. The highest BCUT2D eigenvalue weighted by atomic mass is 16.2. The van der Waals surface area contributed by atoms with Crippen LogP contribution in [0.2, 0.25) is 0 Å². The van der Waals surface area contributed by atoms with E-state index in [-0.39, 0.29) is 17.7 Å². The monoisotopic (exact) mass is 453 g/mol. The number of carbonyl (C=O) groups excluding carboxylic acids is 3. The number of hydrogen-bond acceptors (Lipinski definition) is 4. The number of hydrogen-bond donors (Lipinski definition) is 2. The standard InChI is InChI=1S/C25H35N5O3/c1-18-19(2)30(22-9-13-29(14-10-22)20(3)31)17-23(18)24(32)8-4-5-12-27-25(33)28-16-21-7-6-11-26-15-21/h6-7,11,15,17,22H,4-5,8-10,12-14,16H2,1-3H3,(H2,27,28,33). The topological polar surface area (TPSA) is 96.3 Å². The summed E-state index contributed by atoms with van der Waals surface area (Å²) in [6.07, 6.45) is 9.18. The van der Waals surface area contributed by atoms with Crippen LogP contribution in [0.1, 0.15) is 72.2 Å². The highest BCUT2D eigenvalue weighted by Gasteiger charge is 2.25. The quantitative estimate of drug-likeness (QED) is 0.448. The lowest BCUT2D eigenvalue weighted by Crippen LogP contribution is -2.37. The lowest BCUT2D eigenvalue weighted by Gasteiger charge is -2.32. The first kappa shape index (κ1) is 24.5. The van der Waals surface area contributed by atoms with E-state index in [0.717, 1.165) is 61.2 Å². The number of amides is 3. The number of aromatic nitrogens is 2. The number of rotatable bonds is 9. The molecule has 0 spiro atoms. The Hall–Kier alpha value is -3.16. The van der Waals surface area contributed by atoms with Gasteiger partial charge in [0.15, 0.2) is 5.78 Å². The van der Waals surface area contributed by atoms with Crippen LogP contribution in [-0.2, 0) is 11.3 Å². The minimum Gasteiger partial charge on any atom is -0.348 e. The molecule has 0 unspecified atom stereocenters. The fraction of sp³-hybridized carbons (Fsp3) is 0.520. The molecule has 0 aliphatic carbocycles. The molecular formula is C25H35N5O3. The summed E-state index contributed by atoms with van der Waals surface area (Å²) in [4.78, 5) is 42.2. The third-order valence-electron chi connectivity index (χ3n) is 6.50. The average Bonchev–Trinajstić information content (AvgIpc) is 3.12. The van der Waals surface area contributed by atoms with Gasteiger partial charge in [-0.2, -0.15) is 0 Å². The molecule has 3 amide bonds. The van der Waals surface area contributed by atoms with Crippen molar-refractivity contribution in [2.24, 2.45) is 0 Å². The first-order valence-electron chi connectivity index (χ1n) is 11.7. The van der Waals surface area contributed by atoms with Crippen LogP contribution in [0.25, 0.3) is 0 Å². The normalized spacial score (nSPS) is 14.2. The van der Waals surface area contributed by atoms with Crippen molar-refractivity contribution in [3.8, 4) is 0 Å². The van der Waals surface area contributed by atoms with Crippen molar-refractivity contribution in [3.63, 3.8) is 0 Å². The summed E-state index contributed by atoms with van der Waals surface area (Å²) in [6, 6.07) is 3.85. The summed E-state index contributed by atoms with van der Waals surface area (Å²) >= 11 is 0. The first-order chi connectivity index (χ1) is 15.9. The molecule has 1 aliphatic rings. The molecule has 3 rings (SSSR count). The van der Waals surface area contributed by atoms with Crippen molar-refractivity contribution in [2.75, 3.05) is 19.6 Å². The van der Waals surface area contributed by atoms with Gasteiger partial charge in [0, 0.05) is 75.4 Å². The molecule has 8 heteroatoms. The van der Waals surface area contributed by atoms with Gasteiger partial charge in [-0.15, -0.1) is 0 Å². The van der Waals surface area contributed by atoms with E-state index < -0.39 is 0 Å². The van der Waals surface area contributed by atoms with Gasteiger partial charge in [0.2, 0.25) is 5.91 Å². The molecule has 178 valence electrons. The summed E-state index contributed by atoms with van der Waals surface area (Å²) in [7, 11) is 0. The van der Waals surface area contributed by atoms with Gasteiger partial charge in [-0.3, -0.25) is 14.6 Å². The van der Waals surface area contributed by atoms with Crippen LogP contribution in [0.3, 0.4) is 0 Å². The van der Waals surface area contributed by atoms with E-state index in [9.17, 15) is 14.4 Å². The van der Waals surface area contributed by atoms with Gasteiger partial charge in [-0.1, -0.05) is 6.07 Å². The number of carbonyl (C=O) groups is 3. The third kappa shape index (κ3) is 6.66. The number of nitrogens with one attached hydrogen (secondary N) is 2. The van der Waals surface area contributed by atoms with E-state index in [0.29, 0.717) is 25.6 Å². The van der Waals surface area contributed by atoms with E-state index in [4.69, 9.17) is 0 Å². The van der Waals surface area contributed by atoms with Crippen molar-refractivity contribution >= 4 is 17.7 Å². The number of nitrogens with zero attached hydrogens (tertiary/aromatic N) is 3. The summed E-state index contributed by atoms with van der Waals surface area (Å²) < 4.78 is 2.23. The molecule has 0 aromatic carbocycles. The lowest BCUT2D eigenvalue weighted by molar-refractivity contribution is -0.130. The Morgan fingerprint density at radius 2 is 1.88 bits per heavy atom. The molecule has 1 aliphatic heterocycles. The smallest absolute Gasteiger partial charge is 0.315 e. The zero-order valence-corrected chi connectivity index (χ0v) is 19.9. The van der Waals surface area contributed by atoms with Crippen molar-refractivity contribution in [3.05, 3.63) is 53.1 Å². The van der Waals surface area contributed by atoms with E-state index in [2.05, 4.69) is 27.1 Å². The number of unbranched alkanes of at least 4 members (excludes halogenated alkanes) is 1. The molecule has 3 heterocycles. The van der Waals surface area contributed by atoms with Crippen LogP contribution in [0.4, 0.5) is 4.79 Å². The summed E-state index contributed by atoms with van der Waals surface area (Å²) in [5, 5.41) is 5.63. The molecule has 0 radical (unpaired) electrons. The molecule has 0 saturated carbocycles. The molecule has 2 aromatic rings. The summed E-state index contributed by atoms with van der Waals surface area (Å²) in [5.74, 6) is 0.279. The predicted molar refractivity (Wildman–Crippen MR) is 127 cm³/mol. The van der Waals surface area contributed by atoms with Gasteiger partial charge >= 0.3 is 6.03 Å². The third-order valence-corrected chi connectivity index (χ3v) is 6.50. The second kappa shape index (κ2) is 11.6. The van der Waals surface area contributed by atoms with Crippen LogP contribution >= 0.6 is 0 Å². The van der Waals surface area contributed by atoms with Crippen molar-refractivity contribution in [1.29, 1.82) is 0 Å². The maximum Gasteiger partial charge on any atom is 0.315 e. The maximum absolute atomic E-state index is 12.8. The van der Waals surface area contributed by atoms with Crippen molar-refractivity contribution in [1.82, 2.24) is 25.1 Å². The molecule has 33 heavy (non-hydrogen) atoms. The second-order valence-corrected chi connectivity index (χ2v) is 8.75. The van der Waals surface area contributed by atoms with E-state index in [1.165, 1.54) is 0 Å². The Bertz CT molecular complexity index is 962. The minimum atomic E-state index is -0.218. The second-order valence-electron chi connectivity index (χ2n) is 8.75. The van der Waals surface area contributed by atoms with E-state index >= 15 is 0 Å². The van der Waals surface area contributed by atoms with E-state index in [1.54, 1.807) is 19.3 Å². The maximum atomic E-state index is 12.8. The van der Waals surface area contributed by atoms with Crippen LogP contribution in [0, 0.1) is 13.8 Å². The molecule has 1 fully saturated rings. The van der Waals surface area contributed by atoms with Gasteiger partial charge in [-0.05, 0) is 56.7 Å². The highest BCUT2D eigenvalue weighted by Crippen LogP contribution is 2.28. The van der Waals surface area contributed by atoms with Crippen LogP contribution < -0.4 is 10.6 Å². The number of urea groups is 1. The average molecular weight is 454 g/mol. The number of likely N-dealkylation sites (tertiary alicyclic amines) is 1. The molecular weight excluding hydrogens is 418 g/mol. The predicted octanol–water partition coefficient (Wildman–Crippen LogP) is 3.54. The number of Topliss-reactive ketones (excluding diaryl/α,β-unsaturated/α-hetero) is 1. The Balaban J connectivity index is 1.40. The van der Waals surface area contributed by atoms with Gasteiger partial charge in [0.05, 0.1) is 0 Å². The molecule has 0 bridgehead atoms. The Morgan fingerprint density at radius 1 is 1.12 bits per heavy atom. The number of ketones is 1. The number of pyridine rings is 1. The van der Waals surface area contributed by atoms with Crippen molar-refractivity contribution in [2.45, 2.75) is 65.5 Å². The molecule has 2 N–H and O–H groups in total. The van der Waals surface area contributed by atoms with E-state index in [1.807, 2.05) is 30.2 Å². The molecule has 0 atom stereocenters. The zero-order valence-electron chi connectivity index (χ0n) is 19.9. The Labute approximate surface area is 195 Å². The highest BCUT2D eigenvalue weighted by molar-refractivity contribution is 5.97. The largest absolute Gasteiger partial charge is 0.348 e.